The number of carbonyl (C=O) groups is 2. The minimum absolute atomic E-state index is 0.00555. The molecule has 0 aromatic heterocycles. The number of carboxylic acids is 1. The number of urea groups is 1. The number of ether oxygens (including phenoxy) is 1. The molecule has 6 nitrogen and oxygen atoms in total. The van der Waals surface area contributed by atoms with Gasteiger partial charge in [0.15, 0.2) is 11.6 Å². The van der Waals surface area contributed by atoms with E-state index in [1.54, 1.807) is 12.1 Å². The topological polar surface area (TPSA) is 87.7 Å². The molecule has 114 valence electrons. The molecule has 0 bridgehead atoms. The average molecular weight is 296 g/mol. The van der Waals surface area contributed by atoms with E-state index in [1.165, 1.54) is 6.07 Å². The summed E-state index contributed by atoms with van der Waals surface area (Å²) in [5, 5.41) is 13.8. The molecule has 1 aliphatic heterocycles. The SMILES string of the molecule is O=C(O)CCCNC(=O)N[C@H]1CCOc2c(F)cccc21. The lowest BCUT2D eigenvalue weighted by Crippen LogP contribution is -2.40. The molecule has 3 N–H and O–H groups in total. The molecule has 1 heterocycles. The largest absolute Gasteiger partial charge is 0.490 e. The average Bonchev–Trinajstić information content (AvgIpc) is 2.45. The quantitative estimate of drug-likeness (QED) is 0.723. The van der Waals surface area contributed by atoms with Gasteiger partial charge in [-0.15, -0.1) is 0 Å². The molecule has 0 radical (unpaired) electrons. The van der Waals surface area contributed by atoms with Crippen molar-refractivity contribution in [2.45, 2.75) is 25.3 Å². The van der Waals surface area contributed by atoms with Crippen LogP contribution in [0.5, 0.6) is 5.75 Å². The van der Waals surface area contributed by atoms with Crippen LogP contribution in [0.1, 0.15) is 30.9 Å². The lowest BCUT2D eigenvalue weighted by atomic mass is 10.0. The van der Waals surface area contributed by atoms with Crippen LogP contribution in [0.4, 0.5) is 9.18 Å². The van der Waals surface area contributed by atoms with Gasteiger partial charge in [-0.05, 0) is 12.5 Å². The highest BCUT2D eigenvalue weighted by Crippen LogP contribution is 2.33. The fraction of sp³-hybridized carbons (Fsp3) is 0.429. The smallest absolute Gasteiger partial charge is 0.315 e. The van der Waals surface area contributed by atoms with Crippen LogP contribution in [0.3, 0.4) is 0 Å². The first-order valence-electron chi connectivity index (χ1n) is 6.75. The second-order valence-electron chi connectivity index (χ2n) is 4.75. The van der Waals surface area contributed by atoms with Crippen LogP contribution in [0.2, 0.25) is 0 Å². The predicted octanol–water partition coefficient (Wildman–Crippen LogP) is 1.81. The summed E-state index contributed by atoms with van der Waals surface area (Å²) in [5.74, 6) is -1.16. The number of benzene rings is 1. The monoisotopic (exact) mass is 296 g/mol. The number of aliphatic carboxylic acids is 1. The van der Waals surface area contributed by atoms with E-state index in [1.807, 2.05) is 0 Å². The van der Waals surface area contributed by atoms with Gasteiger partial charge in [0.25, 0.3) is 0 Å². The van der Waals surface area contributed by atoms with Crippen LogP contribution in [0, 0.1) is 5.82 Å². The molecule has 0 saturated carbocycles. The third-order valence-electron chi connectivity index (χ3n) is 3.18. The van der Waals surface area contributed by atoms with Gasteiger partial charge in [0, 0.05) is 24.9 Å². The predicted molar refractivity (Wildman–Crippen MR) is 72.7 cm³/mol. The van der Waals surface area contributed by atoms with E-state index in [-0.39, 0.29) is 24.8 Å². The minimum Gasteiger partial charge on any atom is -0.490 e. The lowest BCUT2D eigenvalue weighted by Gasteiger charge is -2.26. The van der Waals surface area contributed by atoms with Crippen LogP contribution in [-0.2, 0) is 4.79 Å². The van der Waals surface area contributed by atoms with Gasteiger partial charge in [0.1, 0.15) is 0 Å². The van der Waals surface area contributed by atoms with E-state index in [0.29, 0.717) is 25.0 Å². The zero-order valence-corrected chi connectivity index (χ0v) is 11.4. The maximum atomic E-state index is 13.6. The van der Waals surface area contributed by atoms with E-state index < -0.39 is 17.8 Å². The molecule has 0 fully saturated rings. The molecule has 2 amide bonds. The fourth-order valence-electron chi connectivity index (χ4n) is 2.19. The van der Waals surface area contributed by atoms with Crippen molar-refractivity contribution in [3.05, 3.63) is 29.6 Å². The summed E-state index contributed by atoms with van der Waals surface area (Å²) in [6.07, 6.45) is 0.923. The summed E-state index contributed by atoms with van der Waals surface area (Å²) >= 11 is 0. The molecule has 1 atom stereocenters. The summed E-state index contributed by atoms with van der Waals surface area (Å²) in [7, 11) is 0. The molecule has 7 heteroatoms. The first-order valence-corrected chi connectivity index (χ1v) is 6.75. The molecular formula is C14H17FN2O4. The van der Waals surface area contributed by atoms with E-state index in [4.69, 9.17) is 9.84 Å². The van der Waals surface area contributed by atoms with Gasteiger partial charge in [-0.3, -0.25) is 4.79 Å². The van der Waals surface area contributed by atoms with Gasteiger partial charge < -0.3 is 20.5 Å². The number of rotatable bonds is 5. The standard InChI is InChI=1S/C14H17FN2O4/c15-10-4-1-3-9-11(6-8-21-13(9)10)17-14(20)16-7-2-5-12(18)19/h1,3-4,11H,2,5-8H2,(H,18,19)(H2,16,17,20)/t11-/m0/s1. The highest BCUT2D eigenvalue weighted by Gasteiger charge is 2.25. The normalized spacial score (nSPS) is 16.5. The molecule has 1 aromatic carbocycles. The van der Waals surface area contributed by atoms with Gasteiger partial charge in [-0.2, -0.15) is 0 Å². The van der Waals surface area contributed by atoms with Crippen molar-refractivity contribution in [2.24, 2.45) is 0 Å². The van der Waals surface area contributed by atoms with Crippen LogP contribution in [0.15, 0.2) is 18.2 Å². The van der Waals surface area contributed by atoms with Gasteiger partial charge in [-0.25, -0.2) is 9.18 Å². The van der Waals surface area contributed by atoms with Crippen molar-refractivity contribution in [3.8, 4) is 5.75 Å². The summed E-state index contributed by atoms with van der Waals surface area (Å²) < 4.78 is 18.9. The van der Waals surface area contributed by atoms with Crippen molar-refractivity contribution >= 4 is 12.0 Å². The van der Waals surface area contributed by atoms with Crippen molar-refractivity contribution in [1.29, 1.82) is 0 Å². The molecular weight excluding hydrogens is 279 g/mol. The fourth-order valence-corrected chi connectivity index (χ4v) is 2.19. The second kappa shape index (κ2) is 6.92. The number of carbonyl (C=O) groups excluding carboxylic acids is 1. The molecule has 0 aliphatic carbocycles. The number of carboxylic acid groups (broad SMARTS) is 1. The number of fused-ring (bicyclic) bond motifs is 1. The van der Waals surface area contributed by atoms with Crippen molar-refractivity contribution in [3.63, 3.8) is 0 Å². The van der Waals surface area contributed by atoms with Crippen LogP contribution in [0.25, 0.3) is 0 Å². The van der Waals surface area contributed by atoms with E-state index in [2.05, 4.69) is 10.6 Å². The maximum absolute atomic E-state index is 13.6. The molecule has 1 aliphatic rings. The van der Waals surface area contributed by atoms with Crippen LogP contribution in [-0.4, -0.2) is 30.3 Å². The van der Waals surface area contributed by atoms with Gasteiger partial charge in [-0.1, -0.05) is 12.1 Å². The summed E-state index contributed by atoms with van der Waals surface area (Å²) in [6, 6.07) is 3.88. The zero-order valence-electron chi connectivity index (χ0n) is 11.4. The lowest BCUT2D eigenvalue weighted by molar-refractivity contribution is -0.137. The summed E-state index contributed by atoms with van der Waals surface area (Å²) in [6.45, 7) is 0.606. The molecule has 0 spiro atoms. The van der Waals surface area contributed by atoms with Gasteiger partial charge >= 0.3 is 12.0 Å². The first kappa shape index (κ1) is 15.1. The Balaban J connectivity index is 1.88. The highest BCUT2D eigenvalue weighted by atomic mass is 19.1. The van der Waals surface area contributed by atoms with Gasteiger partial charge in [0.05, 0.1) is 12.6 Å². The number of amides is 2. The zero-order chi connectivity index (χ0) is 15.2. The first-order chi connectivity index (χ1) is 10.1. The Labute approximate surface area is 121 Å². The molecule has 21 heavy (non-hydrogen) atoms. The van der Waals surface area contributed by atoms with Gasteiger partial charge in [0.2, 0.25) is 0 Å². The number of hydrogen-bond acceptors (Lipinski definition) is 3. The number of hydrogen-bond donors (Lipinski definition) is 3. The highest BCUT2D eigenvalue weighted by molar-refractivity contribution is 5.74. The van der Waals surface area contributed by atoms with Crippen molar-refractivity contribution < 1.29 is 23.8 Å². The maximum Gasteiger partial charge on any atom is 0.315 e. The summed E-state index contributed by atoms with van der Waals surface area (Å²) in [5.41, 5.74) is 0.613. The molecule has 0 unspecified atom stereocenters. The Morgan fingerprint density at radius 3 is 3.00 bits per heavy atom. The van der Waals surface area contributed by atoms with E-state index in [0.717, 1.165) is 0 Å². The van der Waals surface area contributed by atoms with Crippen molar-refractivity contribution in [2.75, 3.05) is 13.2 Å². The molecule has 2 rings (SSSR count). The Hall–Kier alpha value is -2.31. The van der Waals surface area contributed by atoms with Crippen LogP contribution < -0.4 is 15.4 Å². The summed E-state index contributed by atoms with van der Waals surface area (Å²) in [4.78, 5) is 22.1. The Bertz CT molecular complexity index is 536. The second-order valence-corrected chi connectivity index (χ2v) is 4.75. The third-order valence-corrected chi connectivity index (χ3v) is 3.18. The Kier molecular flexibility index (Phi) is 4.97. The van der Waals surface area contributed by atoms with E-state index >= 15 is 0 Å². The number of nitrogens with one attached hydrogen (secondary N) is 2. The van der Waals surface area contributed by atoms with E-state index in [9.17, 15) is 14.0 Å². The number of para-hydroxylation sites is 1. The molecule has 1 aromatic rings. The van der Waals surface area contributed by atoms with Crippen LogP contribution >= 0.6 is 0 Å². The number of halogens is 1. The Morgan fingerprint density at radius 1 is 1.43 bits per heavy atom. The van der Waals surface area contributed by atoms with Crippen molar-refractivity contribution in [1.82, 2.24) is 10.6 Å². The third kappa shape index (κ3) is 4.08. The Morgan fingerprint density at radius 2 is 2.24 bits per heavy atom. The molecule has 0 saturated heterocycles. The minimum atomic E-state index is -0.897.